The Balaban J connectivity index is 1.88. The number of hydrogen-bond acceptors (Lipinski definition) is 4. The molecule has 0 amide bonds. The molecule has 140 valence electrons. The van der Waals surface area contributed by atoms with Crippen LogP contribution in [0.2, 0.25) is 0 Å². The molecule has 2 N–H and O–H groups in total. The van der Waals surface area contributed by atoms with Gasteiger partial charge in [0, 0.05) is 22.8 Å². The number of aromatic hydroxyl groups is 1. The summed E-state index contributed by atoms with van der Waals surface area (Å²) in [6.45, 7) is 6.13. The lowest BCUT2D eigenvalue weighted by atomic mass is 9.94. The molecule has 2 heterocycles. The van der Waals surface area contributed by atoms with Crippen LogP contribution in [0.1, 0.15) is 34.0 Å². The van der Waals surface area contributed by atoms with Crippen molar-refractivity contribution in [1.82, 2.24) is 9.97 Å². The van der Waals surface area contributed by atoms with Crippen molar-refractivity contribution in [3.8, 4) is 5.75 Å². The second-order valence-corrected chi connectivity index (χ2v) is 7.16. The summed E-state index contributed by atoms with van der Waals surface area (Å²) in [5, 5.41) is 15.5. The smallest absolute Gasteiger partial charge is 0.147 e. The summed E-state index contributed by atoms with van der Waals surface area (Å²) in [7, 11) is 0. The lowest BCUT2D eigenvalue weighted by Crippen LogP contribution is -2.14. The maximum Gasteiger partial charge on any atom is 0.147 e. The number of benzene rings is 2. The summed E-state index contributed by atoms with van der Waals surface area (Å²) in [4.78, 5) is 8.96. The minimum atomic E-state index is -0.249. The summed E-state index contributed by atoms with van der Waals surface area (Å²) in [6.07, 6.45) is 1.75. The van der Waals surface area contributed by atoms with E-state index in [0.717, 1.165) is 28.0 Å². The summed E-state index contributed by atoms with van der Waals surface area (Å²) < 4.78 is 0. The zero-order valence-corrected chi connectivity index (χ0v) is 16.3. The molecular weight excluding hydrogens is 346 g/mol. The molecule has 0 unspecified atom stereocenters. The third kappa shape index (κ3) is 3.41. The highest BCUT2D eigenvalue weighted by molar-refractivity contribution is 5.86. The fraction of sp³-hybridized carbons (Fsp3) is 0.167. The first-order valence-corrected chi connectivity index (χ1v) is 9.37. The second-order valence-electron chi connectivity index (χ2n) is 7.16. The van der Waals surface area contributed by atoms with Gasteiger partial charge in [0.25, 0.3) is 0 Å². The van der Waals surface area contributed by atoms with Crippen molar-refractivity contribution < 1.29 is 5.11 Å². The van der Waals surface area contributed by atoms with E-state index in [-0.39, 0.29) is 11.8 Å². The third-order valence-electron chi connectivity index (χ3n) is 5.14. The Morgan fingerprint density at radius 1 is 0.893 bits per heavy atom. The zero-order chi connectivity index (χ0) is 19.7. The first-order valence-electron chi connectivity index (χ1n) is 9.37. The molecule has 0 saturated heterocycles. The maximum absolute atomic E-state index is 11.1. The molecule has 0 aliphatic rings. The molecule has 4 aromatic rings. The van der Waals surface area contributed by atoms with Gasteiger partial charge >= 0.3 is 0 Å². The van der Waals surface area contributed by atoms with Crippen molar-refractivity contribution in [2.45, 2.75) is 26.8 Å². The Hall–Kier alpha value is -3.40. The van der Waals surface area contributed by atoms with Crippen LogP contribution in [0.5, 0.6) is 5.75 Å². The van der Waals surface area contributed by atoms with E-state index in [9.17, 15) is 5.11 Å². The number of aromatic nitrogens is 2. The number of aryl methyl sites for hydroxylation is 3. The minimum Gasteiger partial charge on any atom is -0.505 e. The zero-order valence-electron chi connectivity index (χ0n) is 16.3. The van der Waals surface area contributed by atoms with Crippen LogP contribution in [0.3, 0.4) is 0 Å². The van der Waals surface area contributed by atoms with Crippen molar-refractivity contribution in [3.63, 3.8) is 0 Å². The molecule has 4 rings (SSSR count). The number of phenols is 1. The number of nitrogens with zero attached hydrogens (tertiary/aromatic N) is 2. The Morgan fingerprint density at radius 2 is 1.71 bits per heavy atom. The van der Waals surface area contributed by atoms with Crippen molar-refractivity contribution >= 4 is 16.7 Å². The molecule has 0 saturated carbocycles. The van der Waals surface area contributed by atoms with Crippen molar-refractivity contribution in [2.75, 3.05) is 5.32 Å². The molecule has 0 aliphatic heterocycles. The molecule has 28 heavy (non-hydrogen) atoms. The normalized spacial score (nSPS) is 12.1. The SMILES string of the molecule is Cc1ccc2ccc([C@@H](Nc3ccccn3)c3ccc(C)c(C)c3)c(O)c2n1. The fourth-order valence-electron chi connectivity index (χ4n) is 3.40. The van der Waals surface area contributed by atoms with Gasteiger partial charge in [0.1, 0.15) is 17.1 Å². The molecule has 0 aliphatic carbocycles. The third-order valence-corrected chi connectivity index (χ3v) is 5.14. The number of fused-ring (bicyclic) bond motifs is 1. The standard InChI is InChI=1S/C24H23N3O/c1-15-7-9-19(14-16(15)2)22(27-21-6-4-5-13-25-21)20-12-11-18-10-8-17(3)26-23(18)24(20)28/h4-14,22,28H,1-3H3,(H,25,27)/t22-/m0/s1. The topological polar surface area (TPSA) is 58.0 Å². The van der Waals surface area contributed by atoms with E-state index in [1.54, 1.807) is 6.20 Å². The summed E-state index contributed by atoms with van der Waals surface area (Å²) in [5.41, 5.74) is 5.78. The average Bonchev–Trinajstić information content (AvgIpc) is 2.70. The van der Waals surface area contributed by atoms with E-state index >= 15 is 0 Å². The van der Waals surface area contributed by atoms with Crippen molar-refractivity contribution in [3.05, 3.63) is 94.8 Å². The van der Waals surface area contributed by atoms with Gasteiger partial charge < -0.3 is 10.4 Å². The number of phenolic OH excluding ortho intramolecular Hbond substituents is 1. The maximum atomic E-state index is 11.1. The van der Waals surface area contributed by atoms with Gasteiger partial charge in [-0.15, -0.1) is 0 Å². The monoisotopic (exact) mass is 369 g/mol. The van der Waals surface area contributed by atoms with Crippen LogP contribution in [-0.2, 0) is 0 Å². The first-order chi connectivity index (χ1) is 13.5. The summed E-state index contributed by atoms with van der Waals surface area (Å²) in [6, 6.07) is 19.8. The van der Waals surface area contributed by atoms with Gasteiger partial charge in [0.2, 0.25) is 0 Å². The van der Waals surface area contributed by atoms with Crippen LogP contribution in [-0.4, -0.2) is 15.1 Å². The highest BCUT2D eigenvalue weighted by atomic mass is 16.3. The number of pyridine rings is 2. The van der Waals surface area contributed by atoms with E-state index in [0.29, 0.717) is 5.52 Å². The molecule has 4 heteroatoms. The summed E-state index contributed by atoms with van der Waals surface area (Å²) in [5.74, 6) is 0.954. The summed E-state index contributed by atoms with van der Waals surface area (Å²) >= 11 is 0. The Labute approximate surface area is 164 Å². The highest BCUT2D eigenvalue weighted by Crippen LogP contribution is 2.36. The van der Waals surface area contributed by atoms with E-state index in [2.05, 4.69) is 47.3 Å². The Morgan fingerprint density at radius 3 is 2.46 bits per heavy atom. The second kappa shape index (κ2) is 7.31. The van der Waals surface area contributed by atoms with Crippen LogP contribution < -0.4 is 5.32 Å². The van der Waals surface area contributed by atoms with Crippen LogP contribution in [0.15, 0.2) is 66.9 Å². The molecule has 0 spiro atoms. The van der Waals surface area contributed by atoms with Crippen molar-refractivity contribution in [1.29, 1.82) is 0 Å². The van der Waals surface area contributed by atoms with E-state index < -0.39 is 0 Å². The molecule has 4 nitrogen and oxygen atoms in total. The lowest BCUT2D eigenvalue weighted by Gasteiger charge is -2.23. The van der Waals surface area contributed by atoms with Crippen LogP contribution in [0.25, 0.3) is 10.9 Å². The van der Waals surface area contributed by atoms with E-state index in [1.807, 2.05) is 49.4 Å². The van der Waals surface area contributed by atoms with E-state index in [4.69, 9.17) is 0 Å². The van der Waals surface area contributed by atoms with Gasteiger partial charge in [-0.05, 0) is 55.7 Å². The molecule has 1 atom stereocenters. The highest BCUT2D eigenvalue weighted by Gasteiger charge is 2.21. The van der Waals surface area contributed by atoms with Gasteiger partial charge in [0.15, 0.2) is 0 Å². The van der Waals surface area contributed by atoms with Gasteiger partial charge in [0.05, 0.1) is 6.04 Å². The molecule has 0 radical (unpaired) electrons. The molecular formula is C24H23N3O. The van der Waals surface area contributed by atoms with Gasteiger partial charge in [-0.1, -0.05) is 42.5 Å². The average molecular weight is 369 g/mol. The van der Waals surface area contributed by atoms with Crippen LogP contribution in [0, 0.1) is 20.8 Å². The Bertz CT molecular complexity index is 1140. The molecule has 0 fully saturated rings. The van der Waals surface area contributed by atoms with Crippen LogP contribution in [0.4, 0.5) is 5.82 Å². The number of rotatable bonds is 4. The van der Waals surface area contributed by atoms with Gasteiger partial charge in [-0.2, -0.15) is 0 Å². The quantitative estimate of drug-likeness (QED) is 0.501. The predicted molar refractivity (Wildman–Crippen MR) is 114 cm³/mol. The predicted octanol–water partition coefficient (Wildman–Crippen LogP) is 5.46. The first kappa shape index (κ1) is 18.0. The molecule has 0 bridgehead atoms. The molecule has 2 aromatic heterocycles. The minimum absolute atomic E-state index is 0.202. The van der Waals surface area contributed by atoms with E-state index in [1.165, 1.54) is 11.1 Å². The van der Waals surface area contributed by atoms with Crippen molar-refractivity contribution in [2.24, 2.45) is 0 Å². The molecule has 2 aromatic carbocycles. The largest absolute Gasteiger partial charge is 0.505 e. The lowest BCUT2D eigenvalue weighted by molar-refractivity contribution is 0.471. The van der Waals surface area contributed by atoms with Gasteiger partial charge in [-0.3, -0.25) is 0 Å². The van der Waals surface area contributed by atoms with Crippen LogP contribution >= 0.6 is 0 Å². The fourth-order valence-corrected chi connectivity index (χ4v) is 3.40. The number of nitrogens with one attached hydrogen (secondary N) is 1. The number of anilines is 1. The Kier molecular flexibility index (Phi) is 4.70. The number of hydrogen-bond donors (Lipinski definition) is 2. The van der Waals surface area contributed by atoms with Gasteiger partial charge in [-0.25, -0.2) is 9.97 Å².